The summed E-state index contributed by atoms with van der Waals surface area (Å²) in [5, 5.41) is 2.94. The molecular weight excluding hydrogens is 545 g/mol. The Bertz CT molecular complexity index is 976. The number of hydrogen-bond donors (Lipinski definition) is 2. The molecule has 0 heterocycles. The van der Waals surface area contributed by atoms with Crippen LogP contribution >= 0.6 is 7.60 Å². The van der Waals surface area contributed by atoms with Gasteiger partial charge in [-0.25, -0.2) is 4.79 Å². The molecule has 0 radical (unpaired) electrons. The Hall–Kier alpha value is -0.840. The lowest BCUT2D eigenvalue weighted by Gasteiger charge is -2.58. The van der Waals surface area contributed by atoms with Crippen LogP contribution in [0.2, 0.25) is 0 Å². The Kier molecular flexibility index (Phi) is 11.8. The van der Waals surface area contributed by atoms with Gasteiger partial charge in [0.25, 0.3) is 0 Å². The number of nitrogens with one attached hydrogen (secondary N) is 1. The lowest BCUT2D eigenvalue weighted by atomic mass is 9.47. The lowest BCUT2D eigenvalue weighted by Crippen LogP contribution is -2.51. The van der Waals surface area contributed by atoms with E-state index in [9.17, 15) is 9.36 Å². The largest absolute Gasteiger partial charge is 0.446 e. The van der Waals surface area contributed by atoms with E-state index >= 15 is 0 Å². The van der Waals surface area contributed by atoms with E-state index in [1.165, 1.54) is 58.0 Å². The second-order valence-corrected chi connectivity index (χ2v) is 17.4. The van der Waals surface area contributed by atoms with Gasteiger partial charge < -0.3 is 19.5 Å². The van der Waals surface area contributed by atoms with Crippen LogP contribution in [0.3, 0.4) is 0 Å². The zero-order valence-electron chi connectivity index (χ0n) is 27.7. The van der Waals surface area contributed by atoms with Gasteiger partial charge in [0.2, 0.25) is 0 Å². The number of rotatable bonds is 14. The normalized spacial score (nSPS) is 36.3. The Morgan fingerprint density at radius 2 is 1.79 bits per heavy atom. The van der Waals surface area contributed by atoms with E-state index in [2.05, 4.69) is 46.0 Å². The molecule has 2 N–H and O–H groups in total. The molecule has 4 aliphatic carbocycles. The van der Waals surface area contributed by atoms with Gasteiger partial charge in [-0.2, -0.15) is 0 Å². The Morgan fingerprint density at radius 1 is 1.02 bits per heavy atom. The summed E-state index contributed by atoms with van der Waals surface area (Å²) in [5.41, 5.74) is 2.35. The molecule has 0 bridgehead atoms. The van der Waals surface area contributed by atoms with Crippen molar-refractivity contribution < 1.29 is 23.5 Å². The highest BCUT2D eigenvalue weighted by molar-refractivity contribution is 7.51. The van der Waals surface area contributed by atoms with E-state index in [0.29, 0.717) is 18.6 Å². The van der Waals surface area contributed by atoms with Crippen molar-refractivity contribution in [1.29, 1.82) is 0 Å². The average molecular weight is 608 g/mol. The van der Waals surface area contributed by atoms with Crippen LogP contribution in [-0.4, -0.2) is 36.9 Å². The molecule has 4 aliphatic rings. The van der Waals surface area contributed by atoms with Crippen molar-refractivity contribution in [2.24, 2.45) is 46.3 Å². The van der Waals surface area contributed by atoms with Crippen molar-refractivity contribution in [1.82, 2.24) is 5.32 Å². The molecule has 0 aromatic heterocycles. The molecular formula is C35H62NO5P. The molecule has 242 valence electrons. The molecule has 1 amide bonds. The Morgan fingerprint density at radius 3 is 2.52 bits per heavy atom. The lowest BCUT2D eigenvalue weighted by molar-refractivity contribution is -0.0581. The minimum absolute atomic E-state index is 0.0161. The summed E-state index contributed by atoms with van der Waals surface area (Å²) in [4.78, 5) is 21.7. The molecule has 0 spiro atoms. The van der Waals surface area contributed by atoms with E-state index in [1.54, 1.807) is 5.57 Å². The molecule has 0 aromatic carbocycles. The van der Waals surface area contributed by atoms with Crippen LogP contribution in [-0.2, 0) is 13.8 Å². The SMILES string of the molecule is CC(C)CCC[C@@H](C)[C@H]1CC[C@H]2[C@@H]3CC=C4C[C@@H](OC(=O)NCCCCCCOP(C)(=O)O)CC[C@]4(C)[C@H]3CC[C@]12C. The molecule has 0 aromatic rings. The van der Waals surface area contributed by atoms with Crippen LogP contribution in [0.25, 0.3) is 0 Å². The summed E-state index contributed by atoms with van der Waals surface area (Å²) in [6.07, 6.45) is 19.8. The van der Waals surface area contributed by atoms with Crippen LogP contribution < -0.4 is 5.32 Å². The van der Waals surface area contributed by atoms with Gasteiger partial charge in [-0.15, -0.1) is 0 Å². The second-order valence-electron chi connectivity index (χ2n) is 15.5. The number of fused-ring (bicyclic) bond motifs is 5. The summed E-state index contributed by atoms with van der Waals surface area (Å²) in [6.45, 7) is 14.6. The number of ether oxygens (including phenoxy) is 1. The molecule has 6 nitrogen and oxygen atoms in total. The highest BCUT2D eigenvalue weighted by Gasteiger charge is 2.59. The molecule has 4 rings (SSSR count). The van der Waals surface area contributed by atoms with Crippen LogP contribution in [0.15, 0.2) is 11.6 Å². The molecule has 0 saturated heterocycles. The van der Waals surface area contributed by atoms with Gasteiger partial charge in [0.15, 0.2) is 0 Å². The molecule has 3 saturated carbocycles. The van der Waals surface area contributed by atoms with Crippen LogP contribution in [0, 0.1) is 46.3 Å². The molecule has 1 unspecified atom stereocenters. The van der Waals surface area contributed by atoms with Gasteiger partial charge in [0, 0.05) is 19.6 Å². The Labute approximate surface area is 257 Å². The number of alkyl carbamates (subject to hydrolysis) is 1. The third kappa shape index (κ3) is 8.25. The summed E-state index contributed by atoms with van der Waals surface area (Å²) < 4.78 is 21.9. The minimum atomic E-state index is -3.38. The smallest absolute Gasteiger partial charge is 0.407 e. The van der Waals surface area contributed by atoms with Gasteiger partial charge in [0.05, 0.1) is 6.61 Å². The third-order valence-electron chi connectivity index (χ3n) is 12.2. The van der Waals surface area contributed by atoms with E-state index < -0.39 is 7.60 Å². The quantitative estimate of drug-likeness (QED) is 0.117. The van der Waals surface area contributed by atoms with Crippen molar-refractivity contribution in [2.45, 2.75) is 137 Å². The van der Waals surface area contributed by atoms with Crippen LogP contribution in [0.5, 0.6) is 0 Å². The Balaban J connectivity index is 1.23. The standard InChI is InChI=1S/C35H62NO5P/c1-25(2)12-11-13-26(3)30-16-17-31-29-15-14-27-24-28(18-20-34(27,4)32(29)19-21-35(30,31)5)41-33(37)36-22-9-7-8-10-23-40-42(6,38)39/h14,25-26,28-32H,7-13,15-24H2,1-6H3,(H,36,37)(H,38,39)/t26-,28+,29+,30-,31+,32+,34+,35-/m1/s1. The monoisotopic (exact) mass is 607 g/mol. The molecule has 3 fully saturated rings. The first-order valence-corrected chi connectivity index (χ1v) is 19.4. The number of amides is 1. The van der Waals surface area contributed by atoms with E-state index in [4.69, 9.17) is 14.2 Å². The van der Waals surface area contributed by atoms with E-state index in [0.717, 1.165) is 80.5 Å². The van der Waals surface area contributed by atoms with Crippen molar-refractivity contribution in [3.05, 3.63) is 11.6 Å². The van der Waals surface area contributed by atoms with Gasteiger partial charge in [-0.1, -0.05) is 78.4 Å². The number of carbonyl (C=O) groups excluding carboxylic acids is 1. The predicted molar refractivity (Wildman–Crippen MR) is 171 cm³/mol. The first kappa shape index (κ1) is 34.0. The number of carbonyl (C=O) groups is 1. The summed E-state index contributed by atoms with van der Waals surface area (Å²) >= 11 is 0. The molecule has 42 heavy (non-hydrogen) atoms. The van der Waals surface area contributed by atoms with Gasteiger partial charge in [-0.3, -0.25) is 4.57 Å². The van der Waals surface area contributed by atoms with Gasteiger partial charge in [0.1, 0.15) is 6.10 Å². The summed E-state index contributed by atoms with van der Waals surface area (Å²) in [7, 11) is -3.38. The fourth-order valence-corrected chi connectivity index (χ4v) is 10.4. The van der Waals surface area contributed by atoms with Crippen molar-refractivity contribution >= 4 is 13.7 Å². The third-order valence-corrected chi connectivity index (χ3v) is 12.9. The topological polar surface area (TPSA) is 84.9 Å². The van der Waals surface area contributed by atoms with Crippen molar-refractivity contribution in [2.75, 3.05) is 19.8 Å². The highest BCUT2D eigenvalue weighted by atomic mass is 31.2. The zero-order chi connectivity index (χ0) is 30.5. The van der Waals surface area contributed by atoms with Gasteiger partial charge >= 0.3 is 13.7 Å². The second kappa shape index (κ2) is 14.5. The van der Waals surface area contributed by atoms with Crippen molar-refractivity contribution in [3.63, 3.8) is 0 Å². The zero-order valence-corrected chi connectivity index (χ0v) is 28.6. The predicted octanol–water partition coefficient (Wildman–Crippen LogP) is 9.51. The maximum Gasteiger partial charge on any atom is 0.407 e. The summed E-state index contributed by atoms with van der Waals surface area (Å²) in [6, 6.07) is 0. The van der Waals surface area contributed by atoms with E-state index in [-0.39, 0.29) is 17.6 Å². The first-order valence-electron chi connectivity index (χ1n) is 17.4. The highest BCUT2D eigenvalue weighted by Crippen LogP contribution is 2.67. The number of allylic oxidation sites excluding steroid dienone is 1. The molecule has 9 atom stereocenters. The summed E-state index contributed by atoms with van der Waals surface area (Å²) in [5.74, 6) is 5.05. The number of hydrogen-bond acceptors (Lipinski definition) is 4. The molecule has 7 heteroatoms. The fraction of sp³-hybridized carbons (Fsp3) is 0.914. The van der Waals surface area contributed by atoms with Gasteiger partial charge in [-0.05, 0) is 104 Å². The number of unbranched alkanes of at least 4 members (excludes halogenated alkanes) is 3. The van der Waals surface area contributed by atoms with E-state index in [1.807, 2.05) is 0 Å². The maximum atomic E-state index is 12.5. The van der Waals surface area contributed by atoms with Crippen LogP contribution in [0.4, 0.5) is 4.79 Å². The maximum absolute atomic E-state index is 12.5. The average Bonchev–Trinajstić information content (AvgIpc) is 3.27. The van der Waals surface area contributed by atoms with Crippen LogP contribution in [0.1, 0.15) is 131 Å². The first-order chi connectivity index (χ1) is 19.8. The minimum Gasteiger partial charge on any atom is -0.446 e. The molecule has 0 aliphatic heterocycles. The van der Waals surface area contributed by atoms with Crippen molar-refractivity contribution in [3.8, 4) is 0 Å². The fourth-order valence-electron chi connectivity index (χ4n) is 9.95.